The molecule has 0 unspecified atom stereocenters. The highest BCUT2D eigenvalue weighted by Crippen LogP contribution is 2.82. The monoisotopic (exact) mass is 360 g/mol. The zero-order chi connectivity index (χ0) is 16.2. The normalized spacial score (nSPS) is 34.2. The lowest BCUT2D eigenvalue weighted by Gasteiger charge is -2.29. The molecule has 1 aromatic carbocycles. The van der Waals surface area contributed by atoms with Gasteiger partial charge in [0.25, 0.3) is 5.91 Å². The fraction of sp³-hybridized carbons (Fsp3) is 0.400. The van der Waals surface area contributed by atoms with Crippen molar-refractivity contribution >= 4 is 21.8 Å². The van der Waals surface area contributed by atoms with Crippen LogP contribution in [0.5, 0.6) is 0 Å². The largest absolute Gasteiger partial charge is 0.386 e. The number of halogens is 1. The first-order chi connectivity index (χ1) is 10.5. The van der Waals surface area contributed by atoms with E-state index in [1.807, 2.05) is 24.3 Å². The van der Waals surface area contributed by atoms with Gasteiger partial charge in [0, 0.05) is 24.6 Å². The molecule has 1 aromatic rings. The first kappa shape index (κ1) is 15.0. The van der Waals surface area contributed by atoms with Crippen LogP contribution >= 0.6 is 15.9 Å². The van der Waals surface area contributed by atoms with E-state index in [1.54, 1.807) is 0 Å². The van der Waals surface area contributed by atoms with Gasteiger partial charge < -0.3 is 15.2 Å². The Morgan fingerprint density at radius 3 is 2.36 bits per heavy atom. The Morgan fingerprint density at radius 1 is 1.23 bits per heavy atom. The van der Waals surface area contributed by atoms with Crippen LogP contribution in [0.2, 0.25) is 0 Å². The average Bonchev–Trinajstić information content (AvgIpc) is 3.10. The molecule has 2 aliphatic rings. The second kappa shape index (κ2) is 4.53. The lowest BCUT2D eigenvalue weighted by Crippen LogP contribution is -2.41. The first-order valence-electron chi connectivity index (χ1n) is 6.54. The van der Waals surface area contributed by atoms with Crippen LogP contribution < -0.4 is 5.73 Å². The molecule has 0 radical (unpaired) electrons. The van der Waals surface area contributed by atoms with Crippen molar-refractivity contribution in [3.8, 4) is 12.1 Å². The Bertz CT molecular complexity index is 762. The molecule has 1 fully saturated rings. The van der Waals surface area contributed by atoms with Crippen LogP contribution in [-0.2, 0) is 9.47 Å². The van der Waals surface area contributed by atoms with Crippen LogP contribution in [0.1, 0.15) is 11.5 Å². The lowest BCUT2D eigenvalue weighted by atomic mass is 9.93. The standard InChI is InChI=1S/C15H13BrN4O2/c1-21-15(22-2)14(8-18)11(9-5-3-4-6-10(9)16)13(14,7-17)12(19)20-15/h3-6,11H,1-2H3,(H2,19,20)/t11-,13-,14+/m0/s1. The number of amidine groups is 1. The predicted molar refractivity (Wildman–Crippen MR) is 81.3 cm³/mol. The highest BCUT2D eigenvalue weighted by molar-refractivity contribution is 9.10. The molecule has 0 bridgehead atoms. The van der Waals surface area contributed by atoms with E-state index in [-0.39, 0.29) is 5.84 Å². The SMILES string of the molecule is COC1(OC)N=C(N)[C@]2(C#N)[C@H](c3ccccc3Br)[C@@]12C#N. The minimum absolute atomic E-state index is 0.0704. The van der Waals surface area contributed by atoms with Gasteiger partial charge in [0.05, 0.1) is 12.1 Å². The fourth-order valence-electron chi connectivity index (χ4n) is 3.70. The van der Waals surface area contributed by atoms with E-state index in [2.05, 4.69) is 33.1 Å². The quantitative estimate of drug-likeness (QED) is 0.828. The van der Waals surface area contributed by atoms with Crippen molar-refractivity contribution in [2.45, 2.75) is 11.8 Å². The minimum atomic E-state index is -1.58. The molecule has 0 saturated heterocycles. The molecule has 1 aliphatic carbocycles. The van der Waals surface area contributed by atoms with Crippen LogP contribution in [0, 0.1) is 33.5 Å². The molecular formula is C15H13BrN4O2. The summed E-state index contributed by atoms with van der Waals surface area (Å²) in [5.41, 5.74) is 4.27. The maximum absolute atomic E-state index is 9.90. The first-order valence-corrected chi connectivity index (χ1v) is 7.33. The van der Waals surface area contributed by atoms with E-state index < -0.39 is 22.7 Å². The topological polar surface area (TPSA) is 104 Å². The highest BCUT2D eigenvalue weighted by Gasteiger charge is 2.93. The Kier molecular flexibility index (Phi) is 3.09. The van der Waals surface area contributed by atoms with Gasteiger partial charge in [-0.3, -0.25) is 0 Å². The third-order valence-corrected chi connectivity index (χ3v) is 5.42. The van der Waals surface area contributed by atoms with Crippen LogP contribution in [0.4, 0.5) is 0 Å². The summed E-state index contributed by atoms with van der Waals surface area (Å²) in [7, 11) is 2.78. The zero-order valence-corrected chi connectivity index (χ0v) is 13.6. The van der Waals surface area contributed by atoms with Gasteiger partial charge in [-0.25, -0.2) is 4.99 Å². The molecule has 3 rings (SSSR count). The third kappa shape index (κ3) is 1.28. The molecule has 1 aliphatic heterocycles. The molecule has 0 spiro atoms. The van der Waals surface area contributed by atoms with Crippen molar-refractivity contribution in [1.29, 1.82) is 10.5 Å². The second-order valence-corrected chi connectivity index (χ2v) is 6.14. The van der Waals surface area contributed by atoms with E-state index in [9.17, 15) is 10.5 Å². The van der Waals surface area contributed by atoms with Gasteiger partial charge in [-0.15, -0.1) is 0 Å². The number of hydrogen-bond donors (Lipinski definition) is 1. The zero-order valence-electron chi connectivity index (χ0n) is 12.0. The average molecular weight is 361 g/mol. The number of nitrogens with two attached hydrogens (primary N) is 1. The highest BCUT2D eigenvalue weighted by atomic mass is 79.9. The van der Waals surface area contributed by atoms with Gasteiger partial charge in [0.2, 0.25) is 0 Å². The number of nitrogens with zero attached hydrogens (tertiary/aromatic N) is 3. The fourth-order valence-corrected chi connectivity index (χ4v) is 4.21. The summed E-state index contributed by atoms with van der Waals surface area (Å²) in [4.78, 5) is 4.17. The summed E-state index contributed by atoms with van der Waals surface area (Å²) in [6.45, 7) is 0. The molecule has 0 aromatic heterocycles. The Balaban J connectivity index is 2.29. The summed E-state index contributed by atoms with van der Waals surface area (Å²) >= 11 is 3.47. The molecule has 3 atom stereocenters. The number of aliphatic imine (C=N–C) groups is 1. The summed E-state index contributed by atoms with van der Waals surface area (Å²) < 4.78 is 11.6. The molecule has 1 saturated carbocycles. The number of fused-ring (bicyclic) bond motifs is 1. The van der Waals surface area contributed by atoms with Crippen LogP contribution in [0.3, 0.4) is 0 Å². The van der Waals surface area contributed by atoms with Crippen molar-refractivity contribution in [3.63, 3.8) is 0 Å². The van der Waals surface area contributed by atoms with Crippen molar-refractivity contribution in [3.05, 3.63) is 34.3 Å². The lowest BCUT2D eigenvalue weighted by molar-refractivity contribution is -0.230. The molecule has 112 valence electrons. The summed E-state index contributed by atoms with van der Waals surface area (Å²) in [5.74, 6) is -1.99. The molecule has 6 nitrogen and oxygen atoms in total. The van der Waals surface area contributed by atoms with E-state index in [4.69, 9.17) is 15.2 Å². The van der Waals surface area contributed by atoms with Gasteiger partial charge in [-0.05, 0) is 11.6 Å². The van der Waals surface area contributed by atoms with Crippen molar-refractivity contribution in [1.82, 2.24) is 0 Å². The van der Waals surface area contributed by atoms with Gasteiger partial charge in [0.15, 0.2) is 5.41 Å². The molecule has 2 N–H and O–H groups in total. The Hall–Kier alpha value is -1.93. The summed E-state index contributed by atoms with van der Waals surface area (Å²) in [5, 5.41) is 19.7. The molecule has 1 heterocycles. The Morgan fingerprint density at radius 2 is 1.86 bits per heavy atom. The summed E-state index contributed by atoms with van der Waals surface area (Å²) in [6, 6.07) is 11.8. The molecule has 22 heavy (non-hydrogen) atoms. The van der Waals surface area contributed by atoms with Gasteiger partial charge in [0.1, 0.15) is 11.3 Å². The van der Waals surface area contributed by atoms with Crippen LogP contribution in [0.25, 0.3) is 0 Å². The van der Waals surface area contributed by atoms with E-state index in [1.165, 1.54) is 14.2 Å². The maximum atomic E-state index is 9.90. The van der Waals surface area contributed by atoms with Gasteiger partial charge in [-0.1, -0.05) is 34.1 Å². The number of methoxy groups -OCH3 is 2. The number of nitriles is 2. The molecular weight excluding hydrogens is 348 g/mol. The number of ether oxygens (including phenoxy) is 2. The van der Waals surface area contributed by atoms with E-state index in [0.717, 1.165) is 10.0 Å². The molecule has 7 heteroatoms. The van der Waals surface area contributed by atoms with E-state index in [0.29, 0.717) is 0 Å². The second-order valence-electron chi connectivity index (χ2n) is 5.28. The number of benzene rings is 1. The van der Waals surface area contributed by atoms with Crippen molar-refractivity contribution < 1.29 is 9.47 Å². The minimum Gasteiger partial charge on any atom is -0.386 e. The van der Waals surface area contributed by atoms with Gasteiger partial charge >= 0.3 is 0 Å². The third-order valence-electron chi connectivity index (χ3n) is 4.70. The number of hydrogen-bond acceptors (Lipinski definition) is 6. The number of rotatable bonds is 3. The molecule has 0 amide bonds. The van der Waals surface area contributed by atoms with Crippen molar-refractivity contribution in [2.24, 2.45) is 21.6 Å². The predicted octanol–water partition coefficient (Wildman–Crippen LogP) is 1.88. The summed E-state index contributed by atoms with van der Waals surface area (Å²) in [6.07, 6.45) is 0. The maximum Gasteiger partial charge on any atom is 0.292 e. The van der Waals surface area contributed by atoms with Crippen LogP contribution in [-0.4, -0.2) is 26.0 Å². The van der Waals surface area contributed by atoms with E-state index >= 15 is 0 Å². The smallest absolute Gasteiger partial charge is 0.292 e. The van der Waals surface area contributed by atoms with Crippen molar-refractivity contribution in [2.75, 3.05) is 14.2 Å². The Labute approximate surface area is 136 Å². The van der Waals surface area contributed by atoms with Gasteiger partial charge in [-0.2, -0.15) is 10.5 Å². The van der Waals surface area contributed by atoms with Crippen LogP contribution in [0.15, 0.2) is 33.7 Å².